The third kappa shape index (κ3) is 4.61. The molecule has 1 heterocycles. The van der Waals surface area contributed by atoms with Crippen LogP contribution in [0.15, 0.2) is 170 Å². The fraction of sp³-hybridized carbons (Fsp3) is 0.0227. The molecular weight excluding hydrogens is 542 g/mol. The molecule has 0 spiro atoms. The van der Waals surface area contributed by atoms with Crippen molar-refractivity contribution >= 4 is 21.5 Å². The summed E-state index contributed by atoms with van der Waals surface area (Å²) >= 11 is 0. The van der Waals surface area contributed by atoms with Gasteiger partial charge in [-0.2, -0.15) is 0 Å². The maximum absolute atomic E-state index is 5.11. The Morgan fingerprint density at radius 1 is 0.356 bits per heavy atom. The second kappa shape index (κ2) is 11.4. The third-order valence-electron chi connectivity index (χ3n) is 8.84. The van der Waals surface area contributed by atoms with Gasteiger partial charge in [-0.3, -0.25) is 4.98 Å². The van der Waals surface area contributed by atoms with Crippen LogP contribution < -0.4 is 0 Å². The summed E-state index contributed by atoms with van der Waals surface area (Å²) < 4.78 is 0. The predicted molar refractivity (Wildman–Crippen MR) is 191 cm³/mol. The van der Waals surface area contributed by atoms with Gasteiger partial charge < -0.3 is 0 Å². The molecule has 0 radical (unpaired) electrons. The number of aryl methyl sites for hydroxylation is 1. The quantitative estimate of drug-likeness (QED) is 0.200. The lowest BCUT2D eigenvalue weighted by Gasteiger charge is -2.26. The number of fused-ring (bicyclic) bond motifs is 2. The second-order valence-corrected chi connectivity index (χ2v) is 11.5. The van der Waals surface area contributed by atoms with Gasteiger partial charge in [-0.15, -0.1) is 0 Å². The summed E-state index contributed by atoms with van der Waals surface area (Å²) in [6, 6.07) is 58.9. The summed E-state index contributed by atoms with van der Waals surface area (Å²) in [6.45, 7) is 2.22. The lowest BCUT2D eigenvalue weighted by molar-refractivity contribution is 1.34. The van der Waals surface area contributed by atoms with Crippen molar-refractivity contribution in [2.24, 2.45) is 0 Å². The van der Waals surface area contributed by atoms with E-state index in [-0.39, 0.29) is 0 Å². The molecule has 1 aromatic heterocycles. The molecule has 0 amide bonds. The van der Waals surface area contributed by atoms with Crippen LogP contribution in [-0.4, -0.2) is 4.98 Å². The third-order valence-corrected chi connectivity index (χ3v) is 8.84. The zero-order valence-electron chi connectivity index (χ0n) is 25.1. The maximum atomic E-state index is 5.11. The fourth-order valence-corrected chi connectivity index (χ4v) is 6.89. The molecule has 0 atom stereocenters. The molecule has 8 aromatic rings. The smallest absolute Gasteiger partial charge is 0.0789 e. The van der Waals surface area contributed by atoms with E-state index in [1.165, 1.54) is 71.8 Å². The summed E-state index contributed by atoms with van der Waals surface area (Å²) in [5.41, 5.74) is 13.1. The van der Waals surface area contributed by atoms with E-state index >= 15 is 0 Å². The van der Waals surface area contributed by atoms with E-state index in [1.807, 2.05) is 6.20 Å². The maximum Gasteiger partial charge on any atom is 0.0789 e. The molecule has 212 valence electrons. The van der Waals surface area contributed by atoms with Gasteiger partial charge in [-0.05, 0) is 73.8 Å². The Morgan fingerprint density at radius 2 is 0.822 bits per heavy atom. The van der Waals surface area contributed by atoms with E-state index < -0.39 is 0 Å². The molecule has 45 heavy (non-hydrogen) atoms. The Morgan fingerprint density at radius 3 is 1.40 bits per heavy atom. The van der Waals surface area contributed by atoms with Gasteiger partial charge in [-0.1, -0.05) is 158 Å². The summed E-state index contributed by atoms with van der Waals surface area (Å²) in [5, 5.41) is 4.79. The van der Waals surface area contributed by atoms with Crippen molar-refractivity contribution in [3.63, 3.8) is 0 Å². The first-order valence-corrected chi connectivity index (χ1v) is 15.5. The van der Waals surface area contributed by atoms with Crippen LogP contribution in [-0.2, 0) is 0 Å². The number of rotatable bonds is 5. The Kier molecular flexibility index (Phi) is 6.77. The van der Waals surface area contributed by atoms with Gasteiger partial charge in [0, 0.05) is 22.5 Å². The molecule has 0 N–H and O–H groups in total. The van der Waals surface area contributed by atoms with E-state index in [0.717, 1.165) is 11.1 Å². The van der Waals surface area contributed by atoms with Crippen LogP contribution in [0, 0.1) is 6.92 Å². The van der Waals surface area contributed by atoms with Gasteiger partial charge in [0.2, 0.25) is 0 Å². The van der Waals surface area contributed by atoms with Gasteiger partial charge in [-0.25, -0.2) is 0 Å². The van der Waals surface area contributed by atoms with E-state index in [9.17, 15) is 0 Å². The molecule has 8 rings (SSSR count). The van der Waals surface area contributed by atoms with E-state index in [4.69, 9.17) is 4.98 Å². The summed E-state index contributed by atoms with van der Waals surface area (Å²) in [4.78, 5) is 5.11. The number of nitrogens with zero attached hydrogens (tertiary/aromatic N) is 1. The number of pyridine rings is 1. The lowest BCUT2D eigenvalue weighted by atomic mass is 9.77. The van der Waals surface area contributed by atoms with Crippen molar-refractivity contribution < 1.29 is 0 Å². The van der Waals surface area contributed by atoms with Gasteiger partial charge in [0.15, 0.2) is 0 Å². The monoisotopic (exact) mass is 573 g/mol. The van der Waals surface area contributed by atoms with Crippen LogP contribution in [0.3, 0.4) is 0 Å². The first kappa shape index (κ1) is 26.8. The molecule has 0 unspecified atom stereocenters. The van der Waals surface area contributed by atoms with Crippen LogP contribution in [0.4, 0.5) is 0 Å². The highest BCUT2D eigenvalue weighted by Gasteiger charge is 2.27. The Labute approximate surface area is 264 Å². The largest absolute Gasteiger partial charge is 0.256 e. The molecular formula is C44H31N. The van der Waals surface area contributed by atoms with Crippen LogP contribution in [0.5, 0.6) is 0 Å². The predicted octanol–water partition coefficient (Wildman–Crippen LogP) is 12.0. The molecule has 0 bridgehead atoms. The summed E-state index contributed by atoms with van der Waals surface area (Å²) in [6.07, 6.45) is 1.95. The second-order valence-electron chi connectivity index (χ2n) is 11.5. The molecule has 0 aliphatic heterocycles. The summed E-state index contributed by atoms with van der Waals surface area (Å²) in [5.74, 6) is 0. The van der Waals surface area contributed by atoms with Crippen molar-refractivity contribution in [3.8, 4) is 55.8 Å². The van der Waals surface area contributed by atoms with E-state index in [2.05, 4.69) is 171 Å². The number of benzene rings is 7. The zero-order valence-corrected chi connectivity index (χ0v) is 25.1. The molecule has 7 aromatic carbocycles. The van der Waals surface area contributed by atoms with Crippen molar-refractivity contribution in [1.29, 1.82) is 0 Å². The van der Waals surface area contributed by atoms with Crippen LogP contribution in [0.25, 0.3) is 77.3 Å². The minimum Gasteiger partial charge on any atom is -0.256 e. The lowest BCUT2D eigenvalue weighted by Crippen LogP contribution is -2.00. The molecule has 1 nitrogen and oxygen atoms in total. The highest BCUT2D eigenvalue weighted by molar-refractivity contribution is 6.23. The summed E-state index contributed by atoms with van der Waals surface area (Å²) in [7, 11) is 0. The van der Waals surface area contributed by atoms with Crippen LogP contribution in [0.2, 0.25) is 0 Å². The van der Waals surface area contributed by atoms with E-state index in [0.29, 0.717) is 0 Å². The average molecular weight is 574 g/mol. The van der Waals surface area contributed by atoms with Gasteiger partial charge >= 0.3 is 0 Å². The Balaban J connectivity index is 1.69. The van der Waals surface area contributed by atoms with Gasteiger partial charge in [0.1, 0.15) is 0 Å². The first-order valence-electron chi connectivity index (χ1n) is 15.5. The number of hydrogen-bond acceptors (Lipinski definition) is 1. The first-order chi connectivity index (χ1) is 22.3. The van der Waals surface area contributed by atoms with Crippen molar-refractivity contribution in [3.05, 3.63) is 176 Å². The molecule has 0 saturated carbocycles. The number of hydrogen-bond donors (Lipinski definition) is 0. The van der Waals surface area contributed by atoms with E-state index in [1.54, 1.807) is 0 Å². The molecule has 0 aliphatic carbocycles. The Hall–Kier alpha value is -5.79. The molecule has 0 fully saturated rings. The minimum absolute atomic E-state index is 1.01. The highest BCUT2D eigenvalue weighted by Crippen LogP contribution is 2.53. The van der Waals surface area contributed by atoms with Crippen molar-refractivity contribution in [2.45, 2.75) is 6.92 Å². The minimum atomic E-state index is 1.01. The standard InChI is InChI=1S/C44H31N/c1-30-26-27-37-39(32-17-6-2-7-18-32)40(33-19-8-3-9-20-33)41(34-21-10-4-11-22-34)42(35-23-12-5-13-24-35)43(37)38(30)44-36-25-15-14-16-31(36)28-29-45-44/h2-29H,1H3. The van der Waals surface area contributed by atoms with Crippen LogP contribution >= 0.6 is 0 Å². The fourth-order valence-electron chi connectivity index (χ4n) is 6.89. The number of aromatic nitrogens is 1. The van der Waals surface area contributed by atoms with Gasteiger partial charge in [0.05, 0.1) is 5.69 Å². The molecule has 0 aliphatic rings. The van der Waals surface area contributed by atoms with Crippen molar-refractivity contribution in [2.75, 3.05) is 0 Å². The van der Waals surface area contributed by atoms with Crippen molar-refractivity contribution in [1.82, 2.24) is 4.98 Å². The SMILES string of the molecule is Cc1ccc2c(-c3ccccc3)c(-c3ccccc3)c(-c3ccccc3)c(-c3ccccc3)c2c1-c1nccc2ccccc12. The zero-order chi connectivity index (χ0) is 30.2. The Bertz CT molecular complexity index is 2280. The highest BCUT2D eigenvalue weighted by atomic mass is 14.7. The topological polar surface area (TPSA) is 12.9 Å². The normalized spacial score (nSPS) is 11.2. The van der Waals surface area contributed by atoms with Crippen LogP contribution in [0.1, 0.15) is 5.56 Å². The molecule has 1 heteroatoms. The molecule has 0 saturated heterocycles. The van der Waals surface area contributed by atoms with Gasteiger partial charge in [0.25, 0.3) is 0 Å². The average Bonchev–Trinajstić information content (AvgIpc) is 3.12.